The lowest BCUT2D eigenvalue weighted by atomic mass is 9.51. The molecule has 4 saturated carbocycles. The van der Waals surface area contributed by atoms with E-state index in [4.69, 9.17) is 5.73 Å². The Morgan fingerprint density at radius 2 is 2.08 bits per heavy atom. The molecule has 0 saturated heterocycles. The molecule has 2 aromatic rings. The van der Waals surface area contributed by atoms with E-state index in [1.807, 2.05) is 12.3 Å². The number of fused-ring (bicyclic) bond motifs is 1. The predicted octanol–water partition coefficient (Wildman–Crippen LogP) is 2.16. The topological polar surface area (TPSA) is 104 Å². The highest BCUT2D eigenvalue weighted by Gasteiger charge is 2.57. The van der Waals surface area contributed by atoms with Crippen LogP contribution in [0.25, 0.3) is 11.0 Å². The van der Waals surface area contributed by atoms with Gasteiger partial charge in [-0.3, -0.25) is 4.79 Å². The van der Waals surface area contributed by atoms with Gasteiger partial charge in [-0.05, 0) is 56.4 Å². The molecule has 4 fully saturated rings. The van der Waals surface area contributed by atoms with Gasteiger partial charge in [-0.1, -0.05) is 0 Å². The van der Waals surface area contributed by atoms with Crippen molar-refractivity contribution >= 4 is 22.6 Å². The van der Waals surface area contributed by atoms with Gasteiger partial charge in [0.05, 0.1) is 16.9 Å². The van der Waals surface area contributed by atoms with Crippen LogP contribution in [0.4, 0.5) is 5.69 Å². The number of aliphatic hydroxyl groups is 1. The van der Waals surface area contributed by atoms with Crippen molar-refractivity contribution in [1.82, 2.24) is 9.97 Å². The van der Waals surface area contributed by atoms with Crippen LogP contribution in [0.15, 0.2) is 18.5 Å². The van der Waals surface area contributed by atoms with E-state index in [9.17, 15) is 9.90 Å². The van der Waals surface area contributed by atoms with Gasteiger partial charge < -0.3 is 21.1 Å². The van der Waals surface area contributed by atoms with Gasteiger partial charge in [-0.25, -0.2) is 4.98 Å². The number of hydrogen-bond acceptors (Lipinski definition) is 4. The molecule has 6 heteroatoms. The first-order valence-electron chi connectivity index (χ1n) is 8.72. The predicted molar refractivity (Wildman–Crippen MR) is 90.6 cm³/mol. The molecule has 24 heavy (non-hydrogen) atoms. The summed E-state index contributed by atoms with van der Waals surface area (Å²) in [6, 6.07) is 1.92. The third kappa shape index (κ3) is 1.99. The first-order valence-corrected chi connectivity index (χ1v) is 8.72. The van der Waals surface area contributed by atoms with Crippen LogP contribution in [0.5, 0.6) is 0 Å². The van der Waals surface area contributed by atoms with Crippen LogP contribution in [0.2, 0.25) is 0 Å². The maximum atomic E-state index is 11.9. The molecule has 4 aliphatic rings. The summed E-state index contributed by atoms with van der Waals surface area (Å²) in [5.74, 6) is 0.671. The monoisotopic (exact) mass is 326 g/mol. The Bertz CT molecular complexity index is 829. The SMILES string of the molecule is NC(=O)c1cnc2[nH]ccc2c1NC12CC3C[C@H](CC(O)(C3)C1)C2. The van der Waals surface area contributed by atoms with Crippen molar-refractivity contribution in [2.75, 3.05) is 5.32 Å². The molecule has 4 bridgehead atoms. The van der Waals surface area contributed by atoms with Crippen molar-refractivity contribution in [3.63, 3.8) is 0 Å². The zero-order valence-electron chi connectivity index (χ0n) is 13.5. The van der Waals surface area contributed by atoms with E-state index in [2.05, 4.69) is 15.3 Å². The summed E-state index contributed by atoms with van der Waals surface area (Å²) in [6.07, 6.45) is 9.29. The molecule has 0 aliphatic heterocycles. The Morgan fingerprint density at radius 1 is 1.33 bits per heavy atom. The zero-order valence-corrected chi connectivity index (χ0v) is 13.5. The quantitative estimate of drug-likeness (QED) is 0.694. The lowest BCUT2D eigenvalue weighted by Gasteiger charge is -2.60. The Hall–Kier alpha value is -2.08. The molecule has 6 rings (SSSR count). The lowest BCUT2D eigenvalue weighted by Crippen LogP contribution is -2.62. The third-order valence-corrected chi connectivity index (χ3v) is 6.27. The fourth-order valence-electron chi connectivity index (χ4n) is 5.95. The number of rotatable bonds is 3. The van der Waals surface area contributed by atoms with E-state index in [0.29, 0.717) is 17.4 Å². The summed E-state index contributed by atoms with van der Waals surface area (Å²) < 4.78 is 0. The van der Waals surface area contributed by atoms with E-state index in [0.717, 1.165) is 48.8 Å². The number of carbonyl (C=O) groups excluding carboxylic acids is 1. The molecule has 0 aromatic carbocycles. The summed E-state index contributed by atoms with van der Waals surface area (Å²) in [4.78, 5) is 19.3. The minimum absolute atomic E-state index is 0.144. The minimum atomic E-state index is -0.547. The van der Waals surface area contributed by atoms with Crippen molar-refractivity contribution in [2.45, 2.75) is 49.7 Å². The summed E-state index contributed by atoms with van der Waals surface area (Å²) in [5, 5.41) is 15.5. The molecule has 4 aliphatic carbocycles. The third-order valence-electron chi connectivity index (χ3n) is 6.27. The van der Waals surface area contributed by atoms with Crippen molar-refractivity contribution in [1.29, 1.82) is 0 Å². The molecule has 126 valence electrons. The van der Waals surface area contributed by atoms with Crippen molar-refractivity contribution < 1.29 is 9.90 Å². The molecule has 2 aromatic heterocycles. The highest BCUT2D eigenvalue weighted by molar-refractivity contribution is 6.06. The number of amides is 1. The lowest BCUT2D eigenvalue weighted by molar-refractivity contribution is -0.127. The summed E-state index contributed by atoms with van der Waals surface area (Å²) in [6.45, 7) is 0. The van der Waals surface area contributed by atoms with Gasteiger partial charge in [-0.15, -0.1) is 0 Å². The Balaban J connectivity index is 1.61. The number of H-pyrrole nitrogens is 1. The normalized spacial score (nSPS) is 37.0. The average molecular weight is 326 g/mol. The molecule has 3 unspecified atom stereocenters. The van der Waals surface area contributed by atoms with Gasteiger partial charge in [0.1, 0.15) is 5.65 Å². The molecule has 2 heterocycles. The van der Waals surface area contributed by atoms with Crippen LogP contribution in [-0.2, 0) is 0 Å². The molecular weight excluding hydrogens is 304 g/mol. The van der Waals surface area contributed by atoms with Gasteiger partial charge >= 0.3 is 0 Å². The molecule has 6 nitrogen and oxygen atoms in total. The maximum Gasteiger partial charge on any atom is 0.252 e. The highest BCUT2D eigenvalue weighted by Crippen LogP contribution is 2.58. The first kappa shape index (κ1) is 14.3. The van der Waals surface area contributed by atoms with Crippen LogP contribution >= 0.6 is 0 Å². The number of nitrogens with one attached hydrogen (secondary N) is 2. The van der Waals surface area contributed by atoms with Crippen LogP contribution in [0, 0.1) is 11.8 Å². The van der Waals surface area contributed by atoms with Crippen LogP contribution in [0.1, 0.15) is 48.9 Å². The number of pyridine rings is 1. The van der Waals surface area contributed by atoms with E-state index < -0.39 is 11.5 Å². The van der Waals surface area contributed by atoms with Crippen molar-refractivity contribution in [2.24, 2.45) is 17.6 Å². The number of hydrogen-bond donors (Lipinski definition) is 4. The number of anilines is 1. The average Bonchev–Trinajstić information content (AvgIpc) is 2.93. The van der Waals surface area contributed by atoms with Gasteiger partial charge in [0.15, 0.2) is 0 Å². The summed E-state index contributed by atoms with van der Waals surface area (Å²) in [5.41, 5.74) is 6.82. The van der Waals surface area contributed by atoms with E-state index in [-0.39, 0.29) is 5.54 Å². The number of aromatic amines is 1. The number of aromatic nitrogens is 2. The second kappa shape index (κ2) is 4.51. The molecule has 0 radical (unpaired) electrons. The second-order valence-electron chi connectivity index (χ2n) is 8.24. The zero-order chi connectivity index (χ0) is 16.5. The first-order chi connectivity index (χ1) is 11.5. The van der Waals surface area contributed by atoms with E-state index >= 15 is 0 Å². The number of nitrogens with two attached hydrogens (primary N) is 1. The standard InChI is InChI=1S/C18H22N4O2/c19-15(23)13-8-21-16-12(1-2-20-16)14(13)22-17-4-10-3-11(5-17)7-18(24,6-10)9-17/h1-2,8,10-11,24H,3-7,9H2,(H2,19,23)(H2,20,21,22)/t10-,11?,17?,18?/m0/s1. The maximum absolute atomic E-state index is 11.9. The van der Waals surface area contributed by atoms with E-state index in [1.165, 1.54) is 6.42 Å². The summed E-state index contributed by atoms with van der Waals surface area (Å²) in [7, 11) is 0. The van der Waals surface area contributed by atoms with E-state index in [1.54, 1.807) is 6.20 Å². The molecular formula is C18H22N4O2. The number of primary amides is 1. The minimum Gasteiger partial charge on any atom is -0.390 e. The Labute approximate surface area is 139 Å². The van der Waals surface area contributed by atoms with Gasteiger partial charge in [0, 0.05) is 23.3 Å². The Kier molecular flexibility index (Phi) is 2.68. The Morgan fingerprint density at radius 3 is 2.75 bits per heavy atom. The molecule has 1 amide bonds. The smallest absolute Gasteiger partial charge is 0.252 e. The molecule has 0 spiro atoms. The van der Waals surface area contributed by atoms with Gasteiger partial charge in [-0.2, -0.15) is 0 Å². The molecule has 5 N–H and O–H groups in total. The summed E-state index contributed by atoms with van der Waals surface area (Å²) >= 11 is 0. The number of carbonyl (C=O) groups is 1. The highest BCUT2D eigenvalue weighted by atomic mass is 16.3. The number of nitrogens with zero attached hydrogens (tertiary/aromatic N) is 1. The second-order valence-corrected chi connectivity index (χ2v) is 8.24. The van der Waals surface area contributed by atoms with Gasteiger partial charge in [0.25, 0.3) is 5.91 Å². The van der Waals surface area contributed by atoms with Gasteiger partial charge in [0.2, 0.25) is 0 Å². The fraction of sp³-hybridized carbons (Fsp3) is 0.556. The van der Waals surface area contributed by atoms with Crippen molar-refractivity contribution in [3.05, 3.63) is 24.0 Å². The fourth-order valence-corrected chi connectivity index (χ4v) is 5.95. The van der Waals surface area contributed by atoms with Crippen molar-refractivity contribution in [3.8, 4) is 0 Å². The van der Waals surface area contributed by atoms with Crippen LogP contribution in [-0.4, -0.2) is 32.1 Å². The largest absolute Gasteiger partial charge is 0.390 e. The van der Waals surface area contributed by atoms with Crippen LogP contribution < -0.4 is 11.1 Å². The molecule has 4 atom stereocenters. The van der Waals surface area contributed by atoms with Crippen LogP contribution in [0.3, 0.4) is 0 Å².